The molecule has 6 heteroatoms. The van der Waals surface area contributed by atoms with Crippen molar-refractivity contribution in [3.05, 3.63) is 35.4 Å². The lowest BCUT2D eigenvalue weighted by Crippen LogP contribution is -2.38. The Balaban J connectivity index is 2.38. The maximum Gasteiger partial charge on any atom is 0.224 e. The predicted molar refractivity (Wildman–Crippen MR) is 89.2 cm³/mol. The number of amides is 1. The first-order valence-corrected chi connectivity index (χ1v) is 9.34. The molecule has 5 nitrogen and oxygen atoms in total. The van der Waals surface area contributed by atoms with E-state index in [0.29, 0.717) is 25.9 Å². The number of carbonyl (C=O) groups is 1. The first kappa shape index (κ1) is 18.6. The molecule has 124 valence electrons. The zero-order chi connectivity index (χ0) is 16.8. The molecule has 0 heterocycles. The van der Waals surface area contributed by atoms with Crippen LogP contribution in [0.4, 0.5) is 0 Å². The maximum absolute atomic E-state index is 11.9. The van der Waals surface area contributed by atoms with E-state index in [0.717, 1.165) is 11.1 Å². The summed E-state index contributed by atoms with van der Waals surface area (Å²) in [6.07, 6.45) is 2.17. The molecule has 0 unspecified atom stereocenters. The lowest BCUT2D eigenvalue weighted by atomic mass is 10.1. The van der Waals surface area contributed by atoms with Crippen molar-refractivity contribution in [2.45, 2.75) is 39.7 Å². The number of hydrogen-bond acceptors (Lipinski definition) is 3. The van der Waals surface area contributed by atoms with Crippen LogP contribution >= 0.6 is 0 Å². The number of benzene rings is 1. The number of carbonyl (C=O) groups excluding carboxylic acids is 1. The number of nitrogens with zero attached hydrogens (tertiary/aromatic N) is 1. The molecule has 1 amide bonds. The molecule has 0 fully saturated rings. The largest absolute Gasteiger partial charge is 0.356 e. The van der Waals surface area contributed by atoms with Crippen molar-refractivity contribution in [3.8, 4) is 0 Å². The first-order valence-electron chi connectivity index (χ1n) is 7.50. The Bertz CT molecular complexity index is 597. The quantitative estimate of drug-likeness (QED) is 0.740. The smallest absolute Gasteiger partial charge is 0.224 e. The highest BCUT2D eigenvalue weighted by atomic mass is 32.2. The fraction of sp³-hybridized carbons (Fsp3) is 0.562. The molecule has 1 aromatic rings. The molecule has 0 aliphatic heterocycles. The minimum absolute atomic E-state index is 0.0373. The van der Waals surface area contributed by atoms with Crippen molar-refractivity contribution in [2.75, 3.05) is 19.3 Å². The van der Waals surface area contributed by atoms with E-state index in [4.69, 9.17) is 0 Å². The van der Waals surface area contributed by atoms with Gasteiger partial charge in [0.05, 0.1) is 12.7 Å². The molecule has 1 aromatic carbocycles. The van der Waals surface area contributed by atoms with E-state index in [1.807, 2.05) is 45.0 Å². The van der Waals surface area contributed by atoms with Gasteiger partial charge in [-0.1, -0.05) is 24.3 Å². The van der Waals surface area contributed by atoms with E-state index < -0.39 is 10.0 Å². The van der Waals surface area contributed by atoms with Gasteiger partial charge in [0.25, 0.3) is 0 Å². The van der Waals surface area contributed by atoms with Crippen molar-refractivity contribution in [1.29, 1.82) is 0 Å². The van der Waals surface area contributed by atoms with Gasteiger partial charge in [-0.05, 0) is 38.3 Å². The summed E-state index contributed by atoms with van der Waals surface area (Å²) in [5.74, 6) is -0.0373. The Hall–Kier alpha value is -1.40. The molecular formula is C16H26N2O3S. The summed E-state index contributed by atoms with van der Waals surface area (Å²) in [6, 6.07) is 7.72. The van der Waals surface area contributed by atoms with Crippen molar-refractivity contribution in [2.24, 2.45) is 0 Å². The van der Waals surface area contributed by atoms with E-state index in [9.17, 15) is 13.2 Å². The molecule has 0 saturated heterocycles. The Morgan fingerprint density at radius 1 is 1.27 bits per heavy atom. The minimum Gasteiger partial charge on any atom is -0.356 e. The van der Waals surface area contributed by atoms with E-state index in [1.54, 1.807) is 0 Å². The molecule has 0 spiro atoms. The van der Waals surface area contributed by atoms with Crippen LogP contribution in [0.25, 0.3) is 0 Å². The van der Waals surface area contributed by atoms with Gasteiger partial charge >= 0.3 is 0 Å². The molecule has 0 radical (unpaired) electrons. The highest BCUT2D eigenvalue weighted by Gasteiger charge is 2.19. The van der Waals surface area contributed by atoms with Crippen LogP contribution in [0.3, 0.4) is 0 Å². The van der Waals surface area contributed by atoms with Gasteiger partial charge in [0.2, 0.25) is 15.9 Å². The summed E-state index contributed by atoms with van der Waals surface area (Å²) in [5, 5.41) is 2.84. The maximum atomic E-state index is 11.9. The molecular weight excluding hydrogens is 300 g/mol. The monoisotopic (exact) mass is 326 g/mol. The van der Waals surface area contributed by atoms with Gasteiger partial charge < -0.3 is 5.32 Å². The Kier molecular flexibility index (Phi) is 7.03. The van der Waals surface area contributed by atoms with E-state index in [1.165, 1.54) is 10.6 Å². The zero-order valence-electron chi connectivity index (χ0n) is 13.8. The van der Waals surface area contributed by atoms with Gasteiger partial charge in [0.15, 0.2) is 0 Å². The average Bonchev–Trinajstić information content (AvgIpc) is 2.39. The van der Waals surface area contributed by atoms with Crippen LogP contribution in [0.15, 0.2) is 24.3 Å². The average molecular weight is 326 g/mol. The van der Waals surface area contributed by atoms with Crippen LogP contribution in [0.1, 0.15) is 31.4 Å². The van der Waals surface area contributed by atoms with Gasteiger partial charge in [-0.3, -0.25) is 4.79 Å². The van der Waals surface area contributed by atoms with Gasteiger partial charge in [-0.15, -0.1) is 0 Å². The molecule has 0 bridgehead atoms. The Morgan fingerprint density at radius 2 is 1.91 bits per heavy atom. The highest BCUT2D eigenvalue weighted by Crippen LogP contribution is 2.08. The van der Waals surface area contributed by atoms with Gasteiger partial charge in [0.1, 0.15) is 0 Å². The summed E-state index contributed by atoms with van der Waals surface area (Å²) in [7, 11) is -3.20. The molecule has 0 saturated carbocycles. The molecule has 0 atom stereocenters. The summed E-state index contributed by atoms with van der Waals surface area (Å²) in [6.45, 7) is 6.56. The first-order chi connectivity index (χ1) is 10.2. The molecule has 1 N–H and O–H groups in total. The number of sulfonamides is 1. The Morgan fingerprint density at radius 3 is 2.45 bits per heavy atom. The van der Waals surface area contributed by atoms with Crippen LogP contribution in [0.5, 0.6) is 0 Å². The van der Waals surface area contributed by atoms with Gasteiger partial charge in [-0.25, -0.2) is 8.42 Å². The van der Waals surface area contributed by atoms with Crippen molar-refractivity contribution < 1.29 is 13.2 Å². The molecule has 22 heavy (non-hydrogen) atoms. The fourth-order valence-electron chi connectivity index (χ4n) is 2.31. The van der Waals surface area contributed by atoms with Crippen molar-refractivity contribution >= 4 is 15.9 Å². The van der Waals surface area contributed by atoms with E-state index >= 15 is 0 Å². The van der Waals surface area contributed by atoms with Crippen LogP contribution in [0.2, 0.25) is 0 Å². The van der Waals surface area contributed by atoms with Crippen LogP contribution in [0, 0.1) is 6.92 Å². The van der Waals surface area contributed by atoms with Crippen molar-refractivity contribution in [1.82, 2.24) is 9.62 Å². The van der Waals surface area contributed by atoms with Crippen LogP contribution < -0.4 is 5.32 Å². The van der Waals surface area contributed by atoms with Crippen LogP contribution in [-0.4, -0.2) is 44.0 Å². The second-order valence-electron chi connectivity index (χ2n) is 5.77. The lowest BCUT2D eigenvalue weighted by molar-refractivity contribution is -0.120. The SMILES string of the molecule is Cc1ccccc1CC(=O)NCCCN(C(C)C)S(C)(=O)=O. The molecule has 0 aliphatic carbocycles. The molecule has 0 aliphatic rings. The van der Waals surface area contributed by atoms with Crippen LogP contribution in [-0.2, 0) is 21.2 Å². The molecule has 1 rings (SSSR count). The number of nitrogens with one attached hydrogen (secondary N) is 1. The molecule has 0 aromatic heterocycles. The minimum atomic E-state index is -3.20. The lowest BCUT2D eigenvalue weighted by Gasteiger charge is -2.23. The summed E-state index contributed by atoms with van der Waals surface area (Å²) < 4.78 is 24.7. The third kappa shape index (κ3) is 6.15. The van der Waals surface area contributed by atoms with E-state index in [-0.39, 0.29) is 11.9 Å². The Labute approximate surface area is 133 Å². The van der Waals surface area contributed by atoms with E-state index in [2.05, 4.69) is 5.32 Å². The summed E-state index contributed by atoms with van der Waals surface area (Å²) in [5.41, 5.74) is 2.11. The number of aryl methyl sites for hydroxylation is 1. The topological polar surface area (TPSA) is 66.5 Å². The second-order valence-corrected chi connectivity index (χ2v) is 7.71. The second kappa shape index (κ2) is 8.29. The van der Waals surface area contributed by atoms with Gasteiger partial charge in [-0.2, -0.15) is 4.31 Å². The fourth-order valence-corrected chi connectivity index (χ4v) is 3.54. The summed E-state index contributed by atoms with van der Waals surface area (Å²) in [4.78, 5) is 11.9. The highest BCUT2D eigenvalue weighted by molar-refractivity contribution is 7.88. The zero-order valence-corrected chi connectivity index (χ0v) is 14.6. The summed E-state index contributed by atoms with van der Waals surface area (Å²) >= 11 is 0. The third-order valence-electron chi connectivity index (χ3n) is 3.49. The standard InChI is InChI=1S/C16H26N2O3S/c1-13(2)18(22(4,20)21)11-7-10-17-16(19)12-15-9-6-5-8-14(15)3/h5-6,8-9,13H,7,10-12H2,1-4H3,(H,17,19). The number of rotatable bonds is 8. The van der Waals surface area contributed by atoms with Gasteiger partial charge in [0, 0.05) is 19.1 Å². The van der Waals surface area contributed by atoms with Crippen molar-refractivity contribution in [3.63, 3.8) is 0 Å². The predicted octanol–water partition coefficient (Wildman–Crippen LogP) is 1.71. The number of hydrogen-bond donors (Lipinski definition) is 1. The third-order valence-corrected chi connectivity index (χ3v) is 4.95. The normalized spacial score (nSPS) is 11.9.